The number of carbonyl (C=O) groups excluding carboxylic acids is 1. The van der Waals surface area contributed by atoms with Crippen LogP contribution < -0.4 is 10.2 Å². The van der Waals surface area contributed by atoms with Crippen LogP contribution in [0.2, 0.25) is 0 Å². The van der Waals surface area contributed by atoms with E-state index in [1.807, 2.05) is 30.5 Å². The number of piperidine rings is 1. The minimum absolute atomic E-state index is 0.000749. The molecule has 1 saturated heterocycles. The van der Waals surface area contributed by atoms with E-state index in [-0.39, 0.29) is 11.8 Å². The average molecular weight is 476 g/mol. The Morgan fingerprint density at radius 2 is 1.62 bits per heavy atom. The quantitative estimate of drug-likeness (QED) is 0.556. The third-order valence-electron chi connectivity index (χ3n) is 6.05. The lowest BCUT2D eigenvalue weighted by Crippen LogP contribution is -2.42. The Morgan fingerprint density at radius 3 is 2.16 bits per heavy atom. The van der Waals surface area contributed by atoms with Crippen LogP contribution in [0.5, 0.6) is 0 Å². The fraction of sp³-hybridized carbons (Fsp3) is 0.458. The van der Waals surface area contributed by atoms with Crippen LogP contribution in [0, 0.1) is 5.92 Å². The second kappa shape index (κ2) is 11.2. The number of benzene rings is 2. The van der Waals surface area contributed by atoms with Crippen LogP contribution in [0.3, 0.4) is 0 Å². The molecule has 8 heteroatoms. The molecule has 1 heterocycles. The predicted octanol–water partition coefficient (Wildman–Crippen LogP) is 3.97. The molecule has 6 nitrogen and oxygen atoms in total. The minimum atomic E-state index is -3.52. The lowest BCUT2D eigenvalue weighted by molar-refractivity contribution is -0.126. The first-order valence-corrected chi connectivity index (χ1v) is 13.8. The van der Waals surface area contributed by atoms with Crippen LogP contribution in [0.25, 0.3) is 0 Å². The Hall–Kier alpha value is -2.03. The van der Waals surface area contributed by atoms with E-state index in [0.717, 1.165) is 23.5 Å². The summed E-state index contributed by atoms with van der Waals surface area (Å²) in [6.45, 7) is 7.41. The molecule has 1 fully saturated rings. The lowest BCUT2D eigenvalue weighted by atomic mass is 9.97. The molecule has 0 bridgehead atoms. The number of hydrogen-bond donors (Lipinski definition) is 1. The maximum absolute atomic E-state index is 12.9. The van der Waals surface area contributed by atoms with Crippen molar-refractivity contribution in [3.63, 3.8) is 0 Å². The number of carbonyl (C=O) groups is 1. The number of sulfonamides is 1. The van der Waals surface area contributed by atoms with E-state index in [1.165, 1.54) is 9.99 Å². The summed E-state index contributed by atoms with van der Waals surface area (Å²) in [7, 11) is -3.52. The summed E-state index contributed by atoms with van der Waals surface area (Å²) in [5.74, 6) is -0.158. The molecule has 0 unspecified atom stereocenters. The first kappa shape index (κ1) is 24.6. The van der Waals surface area contributed by atoms with E-state index in [9.17, 15) is 13.2 Å². The van der Waals surface area contributed by atoms with Crippen molar-refractivity contribution in [2.75, 3.05) is 37.3 Å². The Balaban J connectivity index is 1.50. The molecule has 3 rings (SSSR count). The van der Waals surface area contributed by atoms with Crippen LogP contribution in [-0.4, -0.2) is 51.1 Å². The number of thioether (sulfide) groups is 1. The topological polar surface area (TPSA) is 69.7 Å². The van der Waals surface area contributed by atoms with Gasteiger partial charge in [0, 0.05) is 49.2 Å². The largest absolute Gasteiger partial charge is 0.372 e. The smallest absolute Gasteiger partial charge is 0.243 e. The molecule has 32 heavy (non-hydrogen) atoms. The van der Waals surface area contributed by atoms with Crippen LogP contribution in [0.4, 0.5) is 5.69 Å². The van der Waals surface area contributed by atoms with Gasteiger partial charge in [0.05, 0.1) is 4.90 Å². The molecular weight excluding hydrogens is 442 g/mol. The van der Waals surface area contributed by atoms with Gasteiger partial charge in [-0.3, -0.25) is 4.79 Å². The predicted molar refractivity (Wildman–Crippen MR) is 132 cm³/mol. The maximum atomic E-state index is 12.9. The molecule has 1 amide bonds. The van der Waals surface area contributed by atoms with Crippen molar-refractivity contribution in [3.05, 3.63) is 54.1 Å². The molecule has 0 aromatic heterocycles. The van der Waals surface area contributed by atoms with Crippen LogP contribution in [0.15, 0.2) is 58.3 Å². The SMILES string of the molecule is CCN(CC)c1ccc(CNC(=O)C2CCN(S(=O)(=O)c3ccc(SC)cc3)CC2)cc1. The highest BCUT2D eigenvalue weighted by Gasteiger charge is 2.32. The van der Waals surface area contributed by atoms with Crippen LogP contribution in [-0.2, 0) is 21.4 Å². The normalized spacial score (nSPS) is 15.5. The van der Waals surface area contributed by atoms with Gasteiger partial charge in [-0.25, -0.2) is 8.42 Å². The summed E-state index contributed by atoms with van der Waals surface area (Å²) in [4.78, 5) is 16.3. The van der Waals surface area contributed by atoms with Crippen molar-refractivity contribution >= 4 is 33.4 Å². The zero-order chi connectivity index (χ0) is 23.1. The monoisotopic (exact) mass is 475 g/mol. The zero-order valence-corrected chi connectivity index (χ0v) is 20.7. The minimum Gasteiger partial charge on any atom is -0.372 e. The Bertz CT molecular complexity index is 980. The number of nitrogens with zero attached hydrogens (tertiary/aromatic N) is 2. The number of amides is 1. The fourth-order valence-electron chi connectivity index (χ4n) is 4.00. The van der Waals surface area contributed by atoms with Gasteiger partial charge in [-0.2, -0.15) is 4.31 Å². The molecule has 0 aliphatic carbocycles. The summed E-state index contributed by atoms with van der Waals surface area (Å²) in [5.41, 5.74) is 2.24. The van der Waals surface area contributed by atoms with E-state index >= 15 is 0 Å². The summed E-state index contributed by atoms with van der Waals surface area (Å²) in [6, 6.07) is 15.2. The average Bonchev–Trinajstić information content (AvgIpc) is 2.84. The number of hydrogen-bond acceptors (Lipinski definition) is 5. The first-order valence-electron chi connectivity index (χ1n) is 11.1. The van der Waals surface area contributed by atoms with Crippen molar-refractivity contribution in [3.8, 4) is 0 Å². The Labute approximate surface area is 196 Å². The molecule has 0 atom stereocenters. The molecule has 2 aromatic rings. The van der Waals surface area contributed by atoms with Gasteiger partial charge in [0.25, 0.3) is 0 Å². The highest BCUT2D eigenvalue weighted by atomic mass is 32.2. The van der Waals surface area contributed by atoms with Gasteiger partial charge in [0.1, 0.15) is 0 Å². The lowest BCUT2D eigenvalue weighted by Gasteiger charge is -2.30. The van der Waals surface area contributed by atoms with E-state index in [1.54, 1.807) is 23.9 Å². The van der Waals surface area contributed by atoms with Gasteiger partial charge < -0.3 is 10.2 Å². The first-order chi connectivity index (χ1) is 15.4. The molecule has 1 aliphatic rings. The summed E-state index contributed by atoms with van der Waals surface area (Å²) < 4.78 is 27.3. The van der Waals surface area contributed by atoms with Crippen molar-refractivity contribution in [1.82, 2.24) is 9.62 Å². The van der Waals surface area contributed by atoms with Crippen molar-refractivity contribution < 1.29 is 13.2 Å². The van der Waals surface area contributed by atoms with E-state index < -0.39 is 10.0 Å². The number of rotatable bonds is 9. The molecule has 1 aliphatic heterocycles. The van der Waals surface area contributed by atoms with Gasteiger partial charge in [0.15, 0.2) is 0 Å². The molecule has 0 spiro atoms. The van der Waals surface area contributed by atoms with E-state index in [0.29, 0.717) is 37.4 Å². The Morgan fingerprint density at radius 1 is 1.03 bits per heavy atom. The molecule has 0 radical (unpaired) electrons. The molecule has 2 aromatic carbocycles. The highest BCUT2D eigenvalue weighted by molar-refractivity contribution is 7.98. The van der Waals surface area contributed by atoms with Gasteiger partial charge in [-0.15, -0.1) is 11.8 Å². The number of nitrogens with one attached hydrogen (secondary N) is 1. The number of anilines is 1. The van der Waals surface area contributed by atoms with Gasteiger partial charge in [-0.05, 0) is 74.9 Å². The van der Waals surface area contributed by atoms with E-state index in [4.69, 9.17) is 0 Å². The summed E-state index contributed by atoms with van der Waals surface area (Å²) >= 11 is 1.58. The fourth-order valence-corrected chi connectivity index (χ4v) is 5.88. The summed E-state index contributed by atoms with van der Waals surface area (Å²) in [6.07, 6.45) is 3.03. The highest BCUT2D eigenvalue weighted by Crippen LogP contribution is 2.25. The van der Waals surface area contributed by atoms with Crippen molar-refractivity contribution in [1.29, 1.82) is 0 Å². The third-order valence-corrected chi connectivity index (χ3v) is 8.71. The zero-order valence-electron chi connectivity index (χ0n) is 19.1. The molecule has 1 N–H and O–H groups in total. The summed E-state index contributed by atoms with van der Waals surface area (Å²) in [5, 5.41) is 3.02. The van der Waals surface area contributed by atoms with Gasteiger partial charge >= 0.3 is 0 Å². The molecule has 0 saturated carbocycles. The second-order valence-corrected chi connectivity index (χ2v) is 10.7. The molecular formula is C24H33N3O3S2. The van der Waals surface area contributed by atoms with Gasteiger partial charge in [0.2, 0.25) is 15.9 Å². The van der Waals surface area contributed by atoms with Crippen LogP contribution >= 0.6 is 11.8 Å². The van der Waals surface area contributed by atoms with Gasteiger partial charge in [-0.1, -0.05) is 12.1 Å². The molecule has 174 valence electrons. The van der Waals surface area contributed by atoms with Crippen molar-refractivity contribution in [2.45, 2.75) is 43.0 Å². The van der Waals surface area contributed by atoms with Crippen molar-refractivity contribution in [2.24, 2.45) is 5.92 Å². The second-order valence-electron chi connectivity index (χ2n) is 7.91. The standard InChI is InChI=1S/C24H33N3O3S2/c1-4-26(5-2)21-8-6-19(7-9-21)18-25-24(28)20-14-16-27(17-15-20)32(29,30)23-12-10-22(31-3)11-13-23/h6-13,20H,4-5,14-18H2,1-3H3,(H,25,28). The Kier molecular flexibility index (Phi) is 8.62. The van der Waals surface area contributed by atoms with E-state index in [2.05, 4.69) is 36.2 Å². The maximum Gasteiger partial charge on any atom is 0.243 e. The van der Waals surface area contributed by atoms with Crippen LogP contribution in [0.1, 0.15) is 32.3 Å². The third kappa shape index (κ3) is 5.85.